The molecule has 0 amide bonds. The summed E-state index contributed by atoms with van der Waals surface area (Å²) in [7, 11) is 0. The molecule has 4 nitrogen and oxygen atoms in total. The van der Waals surface area contributed by atoms with Crippen LogP contribution in [-0.4, -0.2) is 25.1 Å². The first-order chi connectivity index (χ1) is 5.79. The molecule has 0 aromatic heterocycles. The second kappa shape index (κ2) is 4.98. The lowest BCUT2D eigenvalue weighted by Crippen LogP contribution is -2.34. The van der Waals surface area contributed by atoms with Gasteiger partial charge in [-0.25, -0.2) is 0 Å². The fourth-order valence-corrected chi connectivity index (χ4v) is 1.52. The topological polar surface area (TPSA) is 76.4 Å². The molecule has 0 aromatic rings. The van der Waals surface area contributed by atoms with Crippen molar-refractivity contribution in [3.05, 3.63) is 0 Å². The number of guanidine groups is 1. The Morgan fingerprint density at radius 3 is 2.83 bits per heavy atom. The largest absolute Gasteiger partial charge is 0.370 e. The highest BCUT2D eigenvalue weighted by Crippen LogP contribution is 2.09. The lowest BCUT2D eigenvalue weighted by molar-refractivity contribution is 0.386. The summed E-state index contributed by atoms with van der Waals surface area (Å²) in [6, 6.07) is 0.627. The van der Waals surface area contributed by atoms with Crippen molar-refractivity contribution in [3.63, 3.8) is 0 Å². The van der Waals surface area contributed by atoms with Gasteiger partial charge in [0.25, 0.3) is 0 Å². The van der Waals surface area contributed by atoms with Gasteiger partial charge in [0.2, 0.25) is 0 Å². The smallest absolute Gasteiger partial charge is 0.185 e. The first-order valence-corrected chi connectivity index (χ1v) is 4.58. The lowest BCUT2D eigenvalue weighted by Gasteiger charge is -2.22. The van der Waals surface area contributed by atoms with Gasteiger partial charge in [-0.2, -0.15) is 0 Å². The minimum absolute atomic E-state index is 0.200. The summed E-state index contributed by atoms with van der Waals surface area (Å²) < 4.78 is 0. The van der Waals surface area contributed by atoms with Crippen LogP contribution in [0.25, 0.3) is 0 Å². The van der Waals surface area contributed by atoms with Crippen molar-refractivity contribution in [2.24, 2.45) is 16.5 Å². The Balaban J connectivity index is 2.09. The van der Waals surface area contributed by atoms with E-state index in [1.54, 1.807) is 0 Å². The third-order valence-electron chi connectivity index (χ3n) is 2.18. The van der Waals surface area contributed by atoms with Crippen molar-refractivity contribution in [3.8, 4) is 0 Å². The highest BCUT2D eigenvalue weighted by Gasteiger charge is 2.10. The van der Waals surface area contributed by atoms with Crippen LogP contribution in [0.15, 0.2) is 4.99 Å². The number of nitrogens with one attached hydrogen (secondary N) is 1. The van der Waals surface area contributed by atoms with E-state index >= 15 is 0 Å². The third-order valence-corrected chi connectivity index (χ3v) is 2.18. The van der Waals surface area contributed by atoms with Crippen molar-refractivity contribution in [2.45, 2.75) is 31.7 Å². The van der Waals surface area contributed by atoms with Crippen molar-refractivity contribution in [1.82, 2.24) is 5.32 Å². The van der Waals surface area contributed by atoms with Gasteiger partial charge < -0.3 is 16.8 Å². The second-order valence-electron chi connectivity index (χ2n) is 3.24. The molecule has 0 saturated carbocycles. The molecule has 1 saturated heterocycles. The summed E-state index contributed by atoms with van der Waals surface area (Å²) in [6.07, 6.45) is 4.95. The molecule has 4 heteroatoms. The highest BCUT2D eigenvalue weighted by molar-refractivity contribution is 5.75. The summed E-state index contributed by atoms with van der Waals surface area (Å²) >= 11 is 0. The van der Waals surface area contributed by atoms with Crippen LogP contribution in [-0.2, 0) is 0 Å². The molecule has 12 heavy (non-hydrogen) atoms. The molecular weight excluding hydrogens is 152 g/mol. The maximum Gasteiger partial charge on any atom is 0.185 e. The number of hydrogen-bond acceptors (Lipinski definition) is 2. The van der Waals surface area contributed by atoms with E-state index in [0.717, 1.165) is 19.5 Å². The van der Waals surface area contributed by atoms with E-state index in [2.05, 4.69) is 10.3 Å². The van der Waals surface area contributed by atoms with Gasteiger partial charge in [-0.05, 0) is 25.8 Å². The van der Waals surface area contributed by atoms with Gasteiger partial charge in [0.15, 0.2) is 5.96 Å². The van der Waals surface area contributed by atoms with Crippen molar-refractivity contribution < 1.29 is 0 Å². The van der Waals surface area contributed by atoms with Crippen LogP contribution in [0.5, 0.6) is 0 Å². The van der Waals surface area contributed by atoms with Crippen LogP contribution in [0.4, 0.5) is 0 Å². The summed E-state index contributed by atoms with van der Waals surface area (Å²) in [5.41, 5.74) is 10.4. The molecule has 5 N–H and O–H groups in total. The molecule has 1 aliphatic heterocycles. The quantitative estimate of drug-likeness (QED) is 0.405. The molecule has 0 unspecified atom stereocenters. The maximum atomic E-state index is 5.22. The van der Waals surface area contributed by atoms with Crippen LogP contribution in [0.2, 0.25) is 0 Å². The van der Waals surface area contributed by atoms with Gasteiger partial charge >= 0.3 is 0 Å². The zero-order chi connectivity index (χ0) is 8.81. The Kier molecular flexibility index (Phi) is 3.87. The van der Waals surface area contributed by atoms with E-state index in [9.17, 15) is 0 Å². The summed E-state index contributed by atoms with van der Waals surface area (Å²) in [4.78, 5) is 3.95. The van der Waals surface area contributed by atoms with Gasteiger partial charge in [-0.15, -0.1) is 0 Å². The average molecular weight is 170 g/mol. The highest BCUT2D eigenvalue weighted by atomic mass is 15.0. The Bertz CT molecular complexity index is 145. The number of aliphatic imine (C=N–C) groups is 1. The van der Waals surface area contributed by atoms with Crippen LogP contribution >= 0.6 is 0 Å². The third kappa shape index (κ3) is 3.57. The number of nitrogens with two attached hydrogens (primary N) is 2. The molecule has 0 bridgehead atoms. The molecule has 0 aromatic carbocycles. The molecular formula is C8H18N4. The van der Waals surface area contributed by atoms with E-state index in [-0.39, 0.29) is 5.96 Å². The van der Waals surface area contributed by atoms with Crippen molar-refractivity contribution in [2.75, 3.05) is 13.1 Å². The maximum absolute atomic E-state index is 5.22. The molecule has 0 radical (unpaired) electrons. The fraction of sp³-hybridized carbons (Fsp3) is 0.875. The lowest BCUT2D eigenvalue weighted by atomic mass is 10.0. The predicted octanol–water partition coefficient (Wildman–Crippen LogP) is -0.208. The average Bonchev–Trinajstić information content (AvgIpc) is 2.05. The fourth-order valence-electron chi connectivity index (χ4n) is 1.52. The van der Waals surface area contributed by atoms with Gasteiger partial charge in [0.05, 0.1) is 0 Å². The first-order valence-electron chi connectivity index (χ1n) is 4.58. The zero-order valence-electron chi connectivity index (χ0n) is 7.42. The first kappa shape index (κ1) is 9.32. The Hall–Kier alpha value is -0.770. The molecule has 0 aliphatic carbocycles. The minimum atomic E-state index is 0.200. The number of nitrogens with zero attached hydrogens (tertiary/aromatic N) is 1. The zero-order valence-corrected chi connectivity index (χ0v) is 7.42. The van der Waals surface area contributed by atoms with Crippen molar-refractivity contribution in [1.29, 1.82) is 0 Å². The van der Waals surface area contributed by atoms with Gasteiger partial charge in [0.1, 0.15) is 0 Å². The molecule has 1 rings (SSSR count). The minimum Gasteiger partial charge on any atom is -0.370 e. The van der Waals surface area contributed by atoms with E-state index in [0.29, 0.717) is 6.04 Å². The molecule has 0 spiro atoms. The summed E-state index contributed by atoms with van der Waals surface area (Å²) in [5, 5.41) is 3.44. The van der Waals surface area contributed by atoms with E-state index in [1.807, 2.05) is 0 Å². The summed E-state index contributed by atoms with van der Waals surface area (Å²) in [5.74, 6) is 0.200. The van der Waals surface area contributed by atoms with Crippen LogP contribution < -0.4 is 16.8 Å². The number of hydrogen-bond donors (Lipinski definition) is 3. The van der Waals surface area contributed by atoms with Gasteiger partial charge in [0, 0.05) is 12.6 Å². The number of rotatable bonds is 3. The van der Waals surface area contributed by atoms with E-state index in [4.69, 9.17) is 11.5 Å². The van der Waals surface area contributed by atoms with E-state index < -0.39 is 0 Å². The van der Waals surface area contributed by atoms with E-state index in [1.165, 1.54) is 19.3 Å². The SMILES string of the molecule is NC(N)=NCC[C@H]1CCCCN1. The Morgan fingerprint density at radius 2 is 2.25 bits per heavy atom. The molecule has 70 valence electrons. The second-order valence-corrected chi connectivity index (χ2v) is 3.24. The van der Waals surface area contributed by atoms with Gasteiger partial charge in [-0.1, -0.05) is 6.42 Å². The Labute approximate surface area is 73.4 Å². The van der Waals surface area contributed by atoms with Crippen LogP contribution in [0.3, 0.4) is 0 Å². The van der Waals surface area contributed by atoms with Gasteiger partial charge in [-0.3, -0.25) is 4.99 Å². The molecule has 1 aliphatic rings. The van der Waals surface area contributed by atoms with Crippen LogP contribution in [0, 0.1) is 0 Å². The number of piperidine rings is 1. The standard InChI is InChI=1S/C8H18N4/c9-8(10)12-6-4-7-3-1-2-5-11-7/h7,11H,1-6H2,(H4,9,10,12)/t7-/m1/s1. The van der Waals surface area contributed by atoms with Crippen LogP contribution in [0.1, 0.15) is 25.7 Å². The van der Waals surface area contributed by atoms with Crippen molar-refractivity contribution >= 4 is 5.96 Å². The monoisotopic (exact) mass is 170 g/mol. The molecule has 1 heterocycles. The normalized spacial score (nSPS) is 23.5. The molecule has 1 fully saturated rings. The summed E-state index contributed by atoms with van der Waals surface area (Å²) in [6.45, 7) is 1.90. The Morgan fingerprint density at radius 1 is 1.42 bits per heavy atom. The predicted molar refractivity (Wildman–Crippen MR) is 50.9 cm³/mol. The molecule has 1 atom stereocenters.